The lowest BCUT2D eigenvalue weighted by molar-refractivity contribution is 0.0472. The number of nitrogens with two attached hydrogens (primary N) is 1. The van der Waals surface area contributed by atoms with Gasteiger partial charge < -0.3 is 15.2 Å². The first-order valence-electron chi connectivity index (χ1n) is 7.33. The zero-order valence-corrected chi connectivity index (χ0v) is 12.7. The molecule has 0 fully saturated rings. The maximum absolute atomic E-state index is 12.0. The molecule has 0 spiro atoms. The summed E-state index contributed by atoms with van der Waals surface area (Å²) in [5.74, 6) is 0.682. The number of carbonyl (C=O) groups excluding carboxylic acids is 1. The molecule has 2 aromatic carbocycles. The van der Waals surface area contributed by atoms with Crippen molar-refractivity contribution in [3.8, 4) is 5.75 Å². The Hall–Kier alpha value is -2.33. The fourth-order valence-corrected chi connectivity index (χ4v) is 1.80. The summed E-state index contributed by atoms with van der Waals surface area (Å²) in [6, 6.07) is 16.5. The van der Waals surface area contributed by atoms with Crippen LogP contribution in [0.3, 0.4) is 0 Å². The smallest absolute Gasteiger partial charge is 0.338 e. The second-order valence-electron chi connectivity index (χ2n) is 5.24. The topological polar surface area (TPSA) is 61.5 Å². The quantitative estimate of drug-likeness (QED) is 0.798. The summed E-state index contributed by atoms with van der Waals surface area (Å²) in [5, 5.41) is 0. The first-order chi connectivity index (χ1) is 10.7. The van der Waals surface area contributed by atoms with Gasteiger partial charge in [-0.1, -0.05) is 37.3 Å². The van der Waals surface area contributed by atoms with Crippen molar-refractivity contribution in [2.45, 2.75) is 13.5 Å². The van der Waals surface area contributed by atoms with E-state index in [1.165, 1.54) is 0 Å². The molecular formula is C18H21NO3. The SMILES string of the molecule is CC(CN)COc1ccc(C(=O)OCc2ccccc2)cc1. The molecule has 0 saturated heterocycles. The maximum atomic E-state index is 12.0. The number of rotatable bonds is 7. The minimum absolute atomic E-state index is 0.270. The van der Waals surface area contributed by atoms with E-state index in [0.717, 1.165) is 11.3 Å². The Bertz CT molecular complexity index is 581. The van der Waals surface area contributed by atoms with E-state index in [1.807, 2.05) is 37.3 Å². The largest absolute Gasteiger partial charge is 0.493 e. The minimum Gasteiger partial charge on any atom is -0.493 e. The summed E-state index contributed by atoms with van der Waals surface area (Å²) in [5.41, 5.74) is 7.01. The van der Waals surface area contributed by atoms with Crippen LogP contribution in [0.5, 0.6) is 5.75 Å². The van der Waals surface area contributed by atoms with Gasteiger partial charge in [0.15, 0.2) is 0 Å². The van der Waals surface area contributed by atoms with Gasteiger partial charge in [0.2, 0.25) is 0 Å². The monoisotopic (exact) mass is 299 g/mol. The standard InChI is InChI=1S/C18H21NO3/c1-14(11-19)12-21-17-9-7-16(8-10-17)18(20)22-13-15-5-3-2-4-6-15/h2-10,14H,11-13,19H2,1H3. The van der Waals surface area contributed by atoms with Crippen molar-refractivity contribution >= 4 is 5.97 Å². The van der Waals surface area contributed by atoms with Crippen LogP contribution >= 0.6 is 0 Å². The van der Waals surface area contributed by atoms with Gasteiger partial charge in [0, 0.05) is 5.92 Å². The molecule has 0 heterocycles. The highest BCUT2D eigenvalue weighted by atomic mass is 16.5. The molecule has 116 valence electrons. The Morgan fingerprint density at radius 2 is 1.77 bits per heavy atom. The molecule has 0 bridgehead atoms. The van der Waals surface area contributed by atoms with Gasteiger partial charge >= 0.3 is 5.97 Å². The molecule has 2 aromatic rings. The molecule has 0 aliphatic carbocycles. The third-order valence-electron chi connectivity index (χ3n) is 3.24. The number of carbonyl (C=O) groups is 1. The Morgan fingerprint density at radius 3 is 2.41 bits per heavy atom. The summed E-state index contributed by atoms with van der Waals surface area (Å²) in [4.78, 5) is 12.0. The molecule has 1 unspecified atom stereocenters. The van der Waals surface area contributed by atoms with Gasteiger partial charge in [0.05, 0.1) is 12.2 Å². The van der Waals surface area contributed by atoms with E-state index in [-0.39, 0.29) is 12.6 Å². The van der Waals surface area contributed by atoms with Gasteiger partial charge in [-0.15, -0.1) is 0 Å². The average Bonchev–Trinajstić information content (AvgIpc) is 2.59. The Kier molecular flexibility index (Phi) is 5.98. The second-order valence-corrected chi connectivity index (χ2v) is 5.24. The third-order valence-corrected chi connectivity index (χ3v) is 3.24. The molecule has 0 aliphatic heterocycles. The first kappa shape index (κ1) is 16.0. The summed E-state index contributed by atoms with van der Waals surface area (Å²) < 4.78 is 10.9. The van der Waals surface area contributed by atoms with E-state index in [0.29, 0.717) is 24.6 Å². The zero-order valence-electron chi connectivity index (χ0n) is 12.7. The summed E-state index contributed by atoms with van der Waals surface area (Å²) in [6.45, 7) is 3.44. The van der Waals surface area contributed by atoms with Crippen LogP contribution in [-0.4, -0.2) is 19.1 Å². The first-order valence-corrected chi connectivity index (χ1v) is 7.33. The lowest BCUT2D eigenvalue weighted by Crippen LogP contribution is -2.18. The lowest BCUT2D eigenvalue weighted by Gasteiger charge is -2.11. The number of esters is 1. The van der Waals surface area contributed by atoms with Crippen molar-refractivity contribution in [3.63, 3.8) is 0 Å². The van der Waals surface area contributed by atoms with E-state index in [1.54, 1.807) is 24.3 Å². The number of hydrogen-bond donors (Lipinski definition) is 1. The number of ether oxygens (including phenoxy) is 2. The van der Waals surface area contributed by atoms with E-state index in [4.69, 9.17) is 15.2 Å². The number of benzene rings is 2. The van der Waals surface area contributed by atoms with Gasteiger partial charge in [-0.2, -0.15) is 0 Å². The van der Waals surface area contributed by atoms with E-state index in [9.17, 15) is 4.79 Å². The highest BCUT2D eigenvalue weighted by Crippen LogP contribution is 2.14. The van der Waals surface area contributed by atoms with Crippen molar-refractivity contribution in [1.29, 1.82) is 0 Å². The molecule has 4 nitrogen and oxygen atoms in total. The van der Waals surface area contributed by atoms with Crippen LogP contribution in [0.15, 0.2) is 54.6 Å². The van der Waals surface area contributed by atoms with Gasteiger partial charge in [0.1, 0.15) is 12.4 Å². The molecule has 2 rings (SSSR count). The van der Waals surface area contributed by atoms with Crippen molar-refractivity contribution in [2.75, 3.05) is 13.2 Å². The highest BCUT2D eigenvalue weighted by Gasteiger charge is 2.08. The maximum Gasteiger partial charge on any atom is 0.338 e. The molecule has 0 radical (unpaired) electrons. The van der Waals surface area contributed by atoms with Crippen molar-refractivity contribution in [3.05, 3.63) is 65.7 Å². The van der Waals surface area contributed by atoms with Crippen LogP contribution in [0.4, 0.5) is 0 Å². The fourth-order valence-electron chi connectivity index (χ4n) is 1.80. The second kappa shape index (κ2) is 8.20. The Balaban J connectivity index is 1.85. The summed E-state index contributed by atoms with van der Waals surface area (Å²) >= 11 is 0. The average molecular weight is 299 g/mol. The van der Waals surface area contributed by atoms with Crippen LogP contribution in [0.2, 0.25) is 0 Å². The molecule has 2 N–H and O–H groups in total. The Morgan fingerprint density at radius 1 is 1.09 bits per heavy atom. The fraction of sp³-hybridized carbons (Fsp3) is 0.278. The van der Waals surface area contributed by atoms with Crippen molar-refractivity contribution < 1.29 is 14.3 Å². The van der Waals surface area contributed by atoms with Gasteiger partial charge in [-0.25, -0.2) is 4.79 Å². The summed E-state index contributed by atoms with van der Waals surface area (Å²) in [6.07, 6.45) is 0. The minimum atomic E-state index is -0.342. The summed E-state index contributed by atoms with van der Waals surface area (Å²) in [7, 11) is 0. The molecular weight excluding hydrogens is 278 g/mol. The van der Waals surface area contributed by atoms with Crippen molar-refractivity contribution in [2.24, 2.45) is 11.7 Å². The highest BCUT2D eigenvalue weighted by molar-refractivity contribution is 5.89. The number of hydrogen-bond acceptors (Lipinski definition) is 4. The van der Waals surface area contributed by atoms with Crippen LogP contribution in [0.25, 0.3) is 0 Å². The van der Waals surface area contributed by atoms with Crippen molar-refractivity contribution in [1.82, 2.24) is 0 Å². The van der Waals surface area contributed by atoms with Crippen LogP contribution in [0, 0.1) is 5.92 Å². The molecule has 0 saturated carbocycles. The predicted molar refractivity (Wildman–Crippen MR) is 85.7 cm³/mol. The molecule has 0 amide bonds. The van der Waals surface area contributed by atoms with Gasteiger partial charge in [-0.05, 0) is 36.4 Å². The van der Waals surface area contributed by atoms with Gasteiger partial charge in [-0.3, -0.25) is 0 Å². The third kappa shape index (κ3) is 4.90. The molecule has 22 heavy (non-hydrogen) atoms. The zero-order chi connectivity index (χ0) is 15.8. The normalized spacial score (nSPS) is 11.7. The van der Waals surface area contributed by atoms with E-state index >= 15 is 0 Å². The van der Waals surface area contributed by atoms with E-state index < -0.39 is 0 Å². The Labute approximate surface area is 130 Å². The predicted octanol–water partition coefficient (Wildman–Crippen LogP) is 3.02. The molecule has 1 atom stereocenters. The lowest BCUT2D eigenvalue weighted by atomic mass is 10.2. The molecule has 0 aromatic heterocycles. The van der Waals surface area contributed by atoms with E-state index in [2.05, 4.69) is 0 Å². The van der Waals surface area contributed by atoms with Crippen LogP contribution in [-0.2, 0) is 11.3 Å². The van der Waals surface area contributed by atoms with Gasteiger partial charge in [0.25, 0.3) is 0 Å². The van der Waals surface area contributed by atoms with Crippen LogP contribution in [0.1, 0.15) is 22.8 Å². The molecule has 0 aliphatic rings. The van der Waals surface area contributed by atoms with Crippen LogP contribution < -0.4 is 10.5 Å². The molecule has 4 heteroatoms.